The lowest BCUT2D eigenvalue weighted by Crippen LogP contribution is -3.14. The second kappa shape index (κ2) is 9.79. The molecule has 1 heterocycles. The largest absolute Gasteiger partial charge is 0.491 e. The molecule has 1 fully saturated rings. The van der Waals surface area contributed by atoms with Gasteiger partial charge in [-0.05, 0) is 19.1 Å². The van der Waals surface area contributed by atoms with Crippen molar-refractivity contribution in [2.75, 3.05) is 52.5 Å². The lowest BCUT2D eigenvalue weighted by atomic mass is 10.2. The Hall–Kier alpha value is -1.14. The maximum Gasteiger partial charge on any atom is 0.137 e. The molecule has 2 rings (SSSR count). The summed E-state index contributed by atoms with van der Waals surface area (Å²) in [4.78, 5) is 1.64. The summed E-state index contributed by atoms with van der Waals surface area (Å²) in [5, 5.41) is 12.1. The molecule has 124 valence electrons. The van der Waals surface area contributed by atoms with E-state index < -0.39 is 6.10 Å². The lowest BCUT2D eigenvalue weighted by Gasteiger charge is -2.23. The summed E-state index contributed by atoms with van der Waals surface area (Å²) >= 11 is 0. The minimum absolute atomic E-state index is 0.355. The van der Waals surface area contributed by atoms with Crippen molar-refractivity contribution in [2.24, 2.45) is 0 Å². The first-order chi connectivity index (χ1) is 10.7. The van der Waals surface area contributed by atoms with Gasteiger partial charge >= 0.3 is 0 Å². The van der Waals surface area contributed by atoms with Crippen LogP contribution in [0.4, 0.5) is 0 Å². The van der Waals surface area contributed by atoms with Crippen molar-refractivity contribution in [3.63, 3.8) is 0 Å². The average Bonchev–Trinajstić information content (AvgIpc) is 2.55. The molecule has 0 saturated carbocycles. The highest BCUT2D eigenvalue weighted by atomic mass is 16.5. The van der Waals surface area contributed by atoms with Crippen molar-refractivity contribution < 1.29 is 24.8 Å². The first-order valence-electron chi connectivity index (χ1n) is 8.34. The van der Waals surface area contributed by atoms with Gasteiger partial charge in [0.15, 0.2) is 0 Å². The fraction of sp³-hybridized carbons (Fsp3) is 0.647. The summed E-state index contributed by atoms with van der Waals surface area (Å²) in [6.45, 7) is 9.43. The molecule has 0 spiro atoms. The molecule has 0 amide bonds. The first kappa shape index (κ1) is 17.2. The van der Waals surface area contributed by atoms with Gasteiger partial charge in [0.1, 0.15) is 38.1 Å². The van der Waals surface area contributed by atoms with E-state index in [1.165, 1.54) is 18.5 Å². The number of aliphatic hydroxyl groups excluding tert-OH is 1. The molecule has 0 radical (unpaired) electrons. The monoisotopic (exact) mass is 310 g/mol. The topological polar surface area (TPSA) is 59.7 Å². The van der Waals surface area contributed by atoms with Crippen LogP contribution < -0.4 is 15.0 Å². The molecule has 1 aliphatic heterocycles. The molecule has 1 atom stereocenters. The minimum Gasteiger partial charge on any atom is -0.491 e. The highest BCUT2D eigenvalue weighted by molar-refractivity contribution is 5.26. The van der Waals surface area contributed by atoms with E-state index in [4.69, 9.17) is 9.47 Å². The number of morpholine rings is 1. The minimum atomic E-state index is -0.419. The van der Waals surface area contributed by atoms with E-state index in [0.29, 0.717) is 13.2 Å². The highest BCUT2D eigenvalue weighted by Gasteiger charge is 2.13. The molecular weight excluding hydrogens is 280 g/mol. The third kappa shape index (κ3) is 6.75. The van der Waals surface area contributed by atoms with Crippen LogP contribution >= 0.6 is 0 Å². The predicted molar refractivity (Wildman–Crippen MR) is 85.3 cm³/mol. The molecule has 1 aromatic carbocycles. The van der Waals surface area contributed by atoms with Crippen LogP contribution in [0.2, 0.25) is 0 Å². The van der Waals surface area contributed by atoms with Crippen molar-refractivity contribution in [1.29, 1.82) is 0 Å². The van der Waals surface area contributed by atoms with Crippen LogP contribution in [0, 0.1) is 6.92 Å². The summed E-state index contributed by atoms with van der Waals surface area (Å²) in [5.74, 6) is 0.820. The Balaban J connectivity index is 1.48. The Morgan fingerprint density at radius 1 is 1.27 bits per heavy atom. The number of nitrogens with two attached hydrogens (primary N) is 1. The summed E-state index contributed by atoms with van der Waals surface area (Å²) in [6.07, 6.45) is 0.762. The SMILES string of the molecule is Cc1ccc(OC[C@@H](O)C[NH2+]CCC[NH+]2CCOCC2)cc1. The van der Waals surface area contributed by atoms with Gasteiger partial charge in [-0.3, -0.25) is 0 Å². The Morgan fingerprint density at radius 3 is 2.73 bits per heavy atom. The van der Waals surface area contributed by atoms with Crippen molar-refractivity contribution in [2.45, 2.75) is 19.4 Å². The van der Waals surface area contributed by atoms with E-state index in [1.54, 1.807) is 4.90 Å². The third-order valence-electron chi connectivity index (χ3n) is 4.04. The van der Waals surface area contributed by atoms with Gasteiger partial charge in [0.2, 0.25) is 0 Å². The number of ether oxygens (including phenoxy) is 2. The Labute approximate surface area is 133 Å². The fourth-order valence-electron chi connectivity index (χ4n) is 2.61. The van der Waals surface area contributed by atoms with Gasteiger partial charge in [-0.25, -0.2) is 0 Å². The number of rotatable bonds is 9. The molecule has 0 aliphatic carbocycles. The van der Waals surface area contributed by atoms with Crippen LogP contribution in [0.1, 0.15) is 12.0 Å². The van der Waals surface area contributed by atoms with E-state index >= 15 is 0 Å². The van der Waals surface area contributed by atoms with Gasteiger partial charge < -0.3 is 24.8 Å². The van der Waals surface area contributed by atoms with Crippen molar-refractivity contribution >= 4 is 0 Å². The van der Waals surface area contributed by atoms with Crippen LogP contribution in [0.25, 0.3) is 0 Å². The molecule has 0 unspecified atom stereocenters. The Morgan fingerprint density at radius 2 is 2.00 bits per heavy atom. The van der Waals surface area contributed by atoms with E-state index in [0.717, 1.165) is 38.6 Å². The number of hydrogen-bond acceptors (Lipinski definition) is 3. The Bertz CT molecular complexity index is 405. The van der Waals surface area contributed by atoms with E-state index in [1.807, 2.05) is 31.2 Å². The van der Waals surface area contributed by atoms with Crippen molar-refractivity contribution in [3.05, 3.63) is 29.8 Å². The summed E-state index contributed by atoms with van der Waals surface area (Å²) in [5.41, 5.74) is 1.21. The molecule has 0 bridgehead atoms. The lowest BCUT2D eigenvalue weighted by molar-refractivity contribution is -0.909. The average molecular weight is 310 g/mol. The van der Waals surface area contributed by atoms with Gasteiger partial charge in [-0.1, -0.05) is 17.7 Å². The standard InChI is InChI=1S/C17H28N2O3/c1-15-3-5-17(6-4-15)22-14-16(20)13-18-7-2-8-19-9-11-21-12-10-19/h3-6,16,18,20H,2,7-14H2,1H3/p+2/t16-/m0/s1. The molecule has 1 aromatic rings. The number of aliphatic hydroxyl groups is 1. The van der Waals surface area contributed by atoms with Crippen molar-refractivity contribution in [3.8, 4) is 5.75 Å². The quantitative estimate of drug-likeness (QED) is 0.492. The molecule has 5 nitrogen and oxygen atoms in total. The summed E-state index contributed by atoms with van der Waals surface area (Å²) in [6, 6.07) is 7.91. The molecule has 5 heteroatoms. The zero-order valence-corrected chi connectivity index (χ0v) is 13.6. The van der Waals surface area contributed by atoms with Crippen LogP contribution in [-0.2, 0) is 4.74 Å². The highest BCUT2D eigenvalue weighted by Crippen LogP contribution is 2.11. The van der Waals surface area contributed by atoms with E-state index in [2.05, 4.69) is 5.32 Å². The second-order valence-electron chi connectivity index (χ2n) is 6.06. The van der Waals surface area contributed by atoms with Gasteiger partial charge in [0.25, 0.3) is 0 Å². The van der Waals surface area contributed by atoms with Crippen LogP contribution in [0.5, 0.6) is 5.75 Å². The third-order valence-corrected chi connectivity index (χ3v) is 4.04. The van der Waals surface area contributed by atoms with Gasteiger partial charge in [-0.2, -0.15) is 0 Å². The molecule has 1 saturated heterocycles. The van der Waals surface area contributed by atoms with Crippen LogP contribution in [-0.4, -0.2) is 63.8 Å². The van der Waals surface area contributed by atoms with Gasteiger partial charge in [0.05, 0.1) is 26.3 Å². The molecule has 22 heavy (non-hydrogen) atoms. The second-order valence-corrected chi connectivity index (χ2v) is 6.06. The van der Waals surface area contributed by atoms with E-state index in [9.17, 15) is 5.11 Å². The van der Waals surface area contributed by atoms with E-state index in [-0.39, 0.29) is 0 Å². The molecule has 0 aromatic heterocycles. The maximum absolute atomic E-state index is 9.94. The number of aryl methyl sites for hydroxylation is 1. The molecule has 1 aliphatic rings. The molecular formula is C17H30N2O3+2. The number of benzene rings is 1. The number of hydrogen-bond donors (Lipinski definition) is 3. The molecule has 4 N–H and O–H groups in total. The maximum atomic E-state index is 9.94. The van der Waals surface area contributed by atoms with Gasteiger partial charge in [0, 0.05) is 6.42 Å². The number of quaternary nitrogens is 2. The smallest absolute Gasteiger partial charge is 0.137 e. The summed E-state index contributed by atoms with van der Waals surface area (Å²) < 4.78 is 10.9. The Kier molecular flexibility index (Phi) is 7.66. The van der Waals surface area contributed by atoms with Crippen LogP contribution in [0.15, 0.2) is 24.3 Å². The zero-order chi connectivity index (χ0) is 15.6. The predicted octanol–water partition coefficient (Wildman–Crippen LogP) is -1.40. The van der Waals surface area contributed by atoms with Crippen LogP contribution in [0.3, 0.4) is 0 Å². The fourth-order valence-corrected chi connectivity index (χ4v) is 2.61. The first-order valence-corrected chi connectivity index (χ1v) is 8.34. The van der Waals surface area contributed by atoms with Gasteiger partial charge in [-0.15, -0.1) is 0 Å². The number of nitrogens with one attached hydrogen (secondary N) is 1. The zero-order valence-electron chi connectivity index (χ0n) is 13.6. The summed E-state index contributed by atoms with van der Waals surface area (Å²) in [7, 11) is 0. The normalized spacial score (nSPS) is 17.4. The van der Waals surface area contributed by atoms with Crippen molar-refractivity contribution in [1.82, 2.24) is 0 Å².